The maximum absolute atomic E-state index is 12.2. The van der Waals surface area contributed by atoms with Crippen molar-refractivity contribution >= 4 is 22.5 Å². The number of aromatic nitrogens is 2. The van der Waals surface area contributed by atoms with E-state index in [2.05, 4.69) is 4.98 Å². The quantitative estimate of drug-likeness (QED) is 0.800. The Balaban J connectivity index is 2.85. The van der Waals surface area contributed by atoms with Gasteiger partial charge in [0.15, 0.2) is 11.5 Å². The molecule has 0 radical (unpaired) electrons. The van der Waals surface area contributed by atoms with Gasteiger partial charge < -0.3 is 9.47 Å². The molecule has 0 amide bonds. The highest BCUT2D eigenvalue weighted by molar-refractivity contribution is 6.28. The van der Waals surface area contributed by atoms with Crippen molar-refractivity contribution in [1.82, 2.24) is 9.55 Å². The molecule has 18 heavy (non-hydrogen) atoms. The van der Waals surface area contributed by atoms with Gasteiger partial charge in [0, 0.05) is 12.6 Å². The zero-order valence-corrected chi connectivity index (χ0v) is 11.1. The van der Waals surface area contributed by atoms with Crippen molar-refractivity contribution in [2.45, 2.75) is 13.5 Å². The average molecular weight is 269 g/mol. The maximum Gasteiger partial charge on any atom is 0.262 e. The zero-order valence-electron chi connectivity index (χ0n) is 10.4. The van der Waals surface area contributed by atoms with Crippen LogP contribution in [0.2, 0.25) is 5.28 Å². The topological polar surface area (TPSA) is 53.4 Å². The molecular formula is C12H13ClN2O3. The number of benzene rings is 1. The summed E-state index contributed by atoms with van der Waals surface area (Å²) in [6, 6.07) is 3.26. The second-order valence-corrected chi connectivity index (χ2v) is 3.99. The molecule has 0 aliphatic rings. The highest BCUT2D eigenvalue weighted by atomic mass is 35.5. The van der Waals surface area contributed by atoms with Crippen LogP contribution in [-0.2, 0) is 6.54 Å². The van der Waals surface area contributed by atoms with E-state index in [4.69, 9.17) is 21.1 Å². The minimum atomic E-state index is -0.187. The number of methoxy groups -OCH3 is 2. The van der Waals surface area contributed by atoms with E-state index in [1.54, 1.807) is 12.1 Å². The van der Waals surface area contributed by atoms with Gasteiger partial charge >= 0.3 is 0 Å². The van der Waals surface area contributed by atoms with Gasteiger partial charge in [0.25, 0.3) is 5.56 Å². The Labute approximate surface area is 109 Å². The normalized spacial score (nSPS) is 10.7. The lowest BCUT2D eigenvalue weighted by atomic mass is 10.2. The van der Waals surface area contributed by atoms with Crippen molar-refractivity contribution in [3.63, 3.8) is 0 Å². The molecule has 0 unspecified atom stereocenters. The van der Waals surface area contributed by atoms with E-state index in [1.807, 2.05) is 6.92 Å². The second-order valence-electron chi connectivity index (χ2n) is 3.65. The van der Waals surface area contributed by atoms with Crippen molar-refractivity contribution in [3.8, 4) is 11.5 Å². The number of rotatable bonds is 3. The van der Waals surface area contributed by atoms with E-state index in [-0.39, 0.29) is 10.8 Å². The predicted molar refractivity (Wildman–Crippen MR) is 69.8 cm³/mol. The van der Waals surface area contributed by atoms with Crippen LogP contribution in [-0.4, -0.2) is 23.8 Å². The van der Waals surface area contributed by atoms with Crippen molar-refractivity contribution in [3.05, 3.63) is 27.8 Å². The molecule has 0 atom stereocenters. The summed E-state index contributed by atoms with van der Waals surface area (Å²) in [4.78, 5) is 16.4. The van der Waals surface area contributed by atoms with Crippen LogP contribution in [0.4, 0.5) is 0 Å². The fourth-order valence-corrected chi connectivity index (χ4v) is 2.08. The lowest BCUT2D eigenvalue weighted by molar-refractivity contribution is 0.355. The van der Waals surface area contributed by atoms with Crippen LogP contribution in [0.3, 0.4) is 0 Å². The van der Waals surface area contributed by atoms with Crippen LogP contribution >= 0.6 is 11.6 Å². The average Bonchev–Trinajstić information content (AvgIpc) is 2.37. The summed E-state index contributed by atoms with van der Waals surface area (Å²) in [5.74, 6) is 1.01. The Morgan fingerprint density at radius 1 is 1.28 bits per heavy atom. The SMILES string of the molecule is CCn1c(Cl)nc2cc(OC)c(OC)cc2c1=O. The molecule has 0 aliphatic heterocycles. The molecule has 0 bridgehead atoms. The number of ether oxygens (including phenoxy) is 2. The van der Waals surface area contributed by atoms with Crippen molar-refractivity contribution in [1.29, 1.82) is 0 Å². The molecule has 6 heteroatoms. The summed E-state index contributed by atoms with van der Waals surface area (Å²) in [5.41, 5.74) is 0.306. The van der Waals surface area contributed by atoms with Gasteiger partial charge in [-0.2, -0.15) is 0 Å². The Morgan fingerprint density at radius 3 is 2.44 bits per heavy atom. The lowest BCUT2D eigenvalue weighted by Gasteiger charge is -2.10. The Kier molecular flexibility index (Phi) is 3.43. The molecule has 1 heterocycles. The van der Waals surface area contributed by atoms with Gasteiger partial charge in [-0.25, -0.2) is 4.98 Å². The summed E-state index contributed by atoms with van der Waals surface area (Å²) in [6.07, 6.45) is 0. The van der Waals surface area contributed by atoms with E-state index in [0.717, 1.165) is 0 Å². The van der Waals surface area contributed by atoms with Gasteiger partial charge in [-0.3, -0.25) is 9.36 Å². The van der Waals surface area contributed by atoms with Crippen LogP contribution in [0.15, 0.2) is 16.9 Å². The Morgan fingerprint density at radius 2 is 1.89 bits per heavy atom. The maximum atomic E-state index is 12.2. The molecule has 0 saturated carbocycles. The summed E-state index contributed by atoms with van der Waals surface area (Å²) in [5, 5.41) is 0.626. The summed E-state index contributed by atoms with van der Waals surface area (Å²) in [7, 11) is 3.05. The monoisotopic (exact) mass is 268 g/mol. The summed E-state index contributed by atoms with van der Waals surface area (Å²) in [6.45, 7) is 2.30. The van der Waals surface area contributed by atoms with Gasteiger partial charge in [0.1, 0.15) is 0 Å². The first-order chi connectivity index (χ1) is 8.62. The zero-order chi connectivity index (χ0) is 13.3. The third kappa shape index (κ3) is 1.90. The van der Waals surface area contributed by atoms with E-state index < -0.39 is 0 Å². The van der Waals surface area contributed by atoms with Crippen LogP contribution in [0.1, 0.15) is 6.92 Å². The molecule has 5 nitrogen and oxygen atoms in total. The fourth-order valence-electron chi connectivity index (χ4n) is 1.80. The van der Waals surface area contributed by atoms with Crippen LogP contribution in [0.25, 0.3) is 10.9 Å². The molecule has 0 spiro atoms. The van der Waals surface area contributed by atoms with Crippen LogP contribution < -0.4 is 15.0 Å². The van der Waals surface area contributed by atoms with Crippen LogP contribution in [0.5, 0.6) is 11.5 Å². The third-order valence-corrected chi connectivity index (χ3v) is 3.02. The highest BCUT2D eigenvalue weighted by Crippen LogP contribution is 2.30. The molecule has 0 aliphatic carbocycles. The standard InChI is InChI=1S/C12H13ClN2O3/c1-4-15-11(16)7-5-9(17-2)10(18-3)6-8(7)14-12(15)13/h5-6H,4H2,1-3H3. The number of hydrogen-bond acceptors (Lipinski definition) is 4. The molecule has 0 saturated heterocycles. The minimum absolute atomic E-state index is 0.169. The molecule has 2 aromatic rings. The molecule has 1 aromatic carbocycles. The van der Waals surface area contributed by atoms with E-state index in [9.17, 15) is 4.79 Å². The first kappa shape index (κ1) is 12.7. The molecule has 0 N–H and O–H groups in total. The smallest absolute Gasteiger partial charge is 0.262 e. The number of fused-ring (bicyclic) bond motifs is 1. The highest BCUT2D eigenvalue weighted by Gasteiger charge is 2.13. The minimum Gasteiger partial charge on any atom is -0.493 e. The van der Waals surface area contributed by atoms with Gasteiger partial charge in [-0.05, 0) is 24.6 Å². The first-order valence-corrected chi connectivity index (χ1v) is 5.82. The van der Waals surface area contributed by atoms with Crippen molar-refractivity contribution in [2.24, 2.45) is 0 Å². The molecular weight excluding hydrogens is 256 g/mol. The fraction of sp³-hybridized carbons (Fsp3) is 0.333. The first-order valence-electron chi connectivity index (χ1n) is 5.44. The Hall–Kier alpha value is -1.75. The third-order valence-electron chi connectivity index (χ3n) is 2.73. The number of nitrogens with zero attached hydrogens (tertiary/aromatic N) is 2. The summed E-state index contributed by atoms with van der Waals surface area (Å²) >= 11 is 5.96. The summed E-state index contributed by atoms with van der Waals surface area (Å²) < 4.78 is 11.7. The molecule has 1 aromatic heterocycles. The number of halogens is 1. The van der Waals surface area contributed by atoms with E-state index in [1.165, 1.54) is 18.8 Å². The van der Waals surface area contributed by atoms with Gasteiger partial charge in [-0.1, -0.05) is 0 Å². The van der Waals surface area contributed by atoms with Crippen molar-refractivity contribution in [2.75, 3.05) is 14.2 Å². The Bertz CT molecular complexity index is 652. The largest absolute Gasteiger partial charge is 0.493 e. The van der Waals surface area contributed by atoms with E-state index in [0.29, 0.717) is 28.9 Å². The number of hydrogen-bond donors (Lipinski definition) is 0. The predicted octanol–water partition coefficient (Wildman–Crippen LogP) is 2.09. The van der Waals surface area contributed by atoms with Gasteiger partial charge in [-0.15, -0.1) is 0 Å². The molecule has 0 fully saturated rings. The van der Waals surface area contributed by atoms with Crippen LogP contribution in [0, 0.1) is 0 Å². The van der Waals surface area contributed by atoms with Crippen molar-refractivity contribution < 1.29 is 9.47 Å². The molecule has 96 valence electrons. The molecule has 2 rings (SSSR count). The lowest BCUT2D eigenvalue weighted by Crippen LogP contribution is -2.21. The van der Waals surface area contributed by atoms with Gasteiger partial charge in [0.2, 0.25) is 5.28 Å². The van der Waals surface area contributed by atoms with E-state index >= 15 is 0 Å². The van der Waals surface area contributed by atoms with Gasteiger partial charge in [0.05, 0.1) is 25.1 Å². The second kappa shape index (κ2) is 4.86.